The van der Waals surface area contributed by atoms with Crippen LogP contribution in [0, 0.1) is 0 Å². The molecule has 0 aliphatic carbocycles. The van der Waals surface area contributed by atoms with Crippen LogP contribution in [0.1, 0.15) is 40.0 Å². The highest BCUT2D eigenvalue weighted by atomic mass is 16.6. The molecule has 4 nitrogen and oxygen atoms in total. The maximum Gasteiger partial charge on any atom is 0.308 e. The zero-order valence-corrected chi connectivity index (χ0v) is 9.84. The Hall–Kier alpha value is -0.610. The van der Waals surface area contributed by atoms with Crippen molar-refractivity contribution in [3.63, 3.8) is 0 Å². The van der Waals surface area contributed by atoms with E-state index in [0.717, 1.165) is 12.8 Å². The van der Waals surface area contributed by atoms with Gasteiger partial charge in [0.2, 0.25) is 0 Å². The topological polar surface area (TPSA) is 61.5 Å². The molecule has 1 fully saturated rings. The van der Waals surface area contributed by atoms with Gasteiger partial charge in [0, 0.05) is 18.8 Å². The van der Waals surface area contributed by atoms with Gasteiger partial charge in [0.25, 0.3) is 0 Å². The third-order valence-electron chi connectivity index (χ3n) is 2.41. The fourth-order valence-electron chi connectivity index (χ4n) is 1.62. The van der Waals surface area contributed by atoms with Crippen molar-refractivity contribution in [1.82, 2.24) is 0 Å². The predicted molar refractivity (Wildman–Crippen MR) is 57.4 cm³/mol. The van der Waals surface area contributed by atoms with Gasteiger partial charge in [0.15, 0.2) is 0 Å². The van der Waals surface area contributed by atoms with Gasteiger partial charge in [0.05, 0.1) is 6.42 Å². The van der Waals surface area contributed by atoms with E-state index in [1.807, 2.05) is 20.8 Å². The molecular weight excluding hydrogens is 194 g/mol. The maximum absolute atomic E-state index is 11.6. The van der Waals surface area contributed by atoms with E-state index in [1.54, 1.807) is 0 Å². The Bertz CT molecular complexity index is 226. The minimum absolute atomic E-state index is 0.216. The Morgan fingerprint density at radius 3 is 2.40 bits per heavy atom. The molecule has 88 valence electrons. The van der Waals surface area contributed by atoms with Gasteiger partial charge in [-0.25, -0.2) is 0 Å². The number of carbonyl (C=O) groups excluding carboxylic acids is 1. The standard InChI is InChI=1S/C11H21NO3/c1-10(2,3)15-9(13)8-11(12)4-6-14-7-5-11/h4-8,12H2,1-3H3. The van der Waals surface area contributed by atoms with Crippen molar-refractivity contribution in [2.75, 3.05) is 13.2 Å². The van der Waals surface area contributed by atoms with Gasteiger partial charge in [-0.1, -0.05) is 0 Å². The van der Waals surface area contributed by atoms with E-state index >= 15 is 0 Å². The molecule has 1 saturated heterocycles. The van der Waals surface area contributed by atoms with Crippen molar-refractivity contribution in [3.8, 4) is 0 Å². The average molecular weight is 215 g/mol. The second kappa shape index (κ2) is 4.49. The Morgan fingerprint density at radius 2 is 1.93 bits per heavy atom. The van der Waals surface area contributed by atoms with Crippen LogP contribution in [0.5, 0.6) is 0 Å². The SMILES string of the molecule is CC(C)(C)OC(=O)CC1(N)CCOCC1. The maximum atomic E-state index is 11.6. The monoisotopic (exact) mass is 215 g/mol. The number of hydrogen-bond acceptors (Lipinski definition) is 4. The summed E-state index contributed by atoms with van der Waals surface area (Å²) >= 11 is 0. The third kappa shape index (κ3) is 4.62. The molecule has 0 bridgehead atoms. The van der Waals surface area contributed by atoms with Crippen LogP contribution < -0.4 is 5.73 Å². The molecule has 0 unspecified atom stereocenters. The summed E-state index contributed by atoms with van der Waals surface area (Å²) in [4.78, 5) is 11.6. The van der Waals surface area contributed by atoms with Crippen molar-refractivity contribution >= 4 is 5.97 Å². The van der Waals surface area contributed by atoms with E-state index in [9.17, 15) is 4.79 Å². The highest BCUT2D eigenvalue weighted by Crippen LogP contribution is 2.23. The van der Waals surface area contributed by atoms with Gasteiger partial charge in [-0.15, -0.1) is 0 Å². The highest BCUT2D eigenvalue weighted by Gasteiger charge is 2.32. The minimum atomic E-state index is -0.432. The van der Waals surface area contributed by atoms with Gasteiger partial charge in [-0.05, 0) is 33.6 Å². The van der Waals surface area contributed by atoms with Gasteiger partial charge in [-0.3, -0.25) is 4.79 Å². The zero-order chi connectivity index (χ0) is 11.5. The molecule has 1 heterocycles. The van der Waals surface area contributed by atoms with Crippen LogP contribution in [0.15, 0.2) is 0 Å². The molecule has 0 saturated carbocycles. The fraction of sp³-hybridized carbons (Fsp3) is 0.909. The average Bonchev–Trinajstić information content (AvgIpc) is 1.99. The highest BCUT2D eigenvalue weighted by molar-refractivity contribution is 5.71. The van der Waals surface area contributed by atoms with E-state index in [1.165, 1.54) is 0 Å². The molecule has 1 aliphatic heterocycles. The summed E-state index contributed by atoms with van der Waals surface area (Å²) in [5.41, 5.74) is 5.24. The summed E-state index contributed by atoms with van der Waals surface area (Å²) in [6, 6.07) is 0. The molecular formula is C11H21NO3. The molecule has 1 aliphatic rings. The van der Waals surface area contributed by atoms with Crippen molar-refractivity contribution < 1.29 is 14.3 Å². The molecule has 0 atom stereocenters. The predicted octanol–water partition coefficient (Wildman–Crippen LogP) is 1.23. The smallest absolute Gasteiger partial charge is 0.308 e. The molecule has 0 aromatic carbocycles. The van der Waals surface area contributed by atoms with Crippen LogP contribution in [0.3, 0.4) is 0 Å². The van der Waals surface area contributed by atoms with Crippen LogP contribution in [0.2, 0.25) is 0 Å². The summed E-state index contributed by atoms with van der Waals surface area (Å²) in [6.45, 7) is 6.85. The molecule has 0 aromatic rings. The molecule has 2 N–H and O–H groups in total. The molecule has 15 heavy (non-hydrogen) atoms. The summed E-state index contributed by atoms with van der Waals surface area (Å²) in [7, 11) is 0. The van der Waals surface area contributed by atoms with Gasteiger partial charge >= 0.3 is 5.97 Å². The van der Waals surface area contributed by atoms with Crippen molar-refractivity contribution in [1.29, 1.82) is 0 Å². The van der Waals surface area contributed by atoms with Crippen LogP contribution in [-0.2, 0) is 14.3 Å². The van der Waals surface area contributed by atoms with Crippen molar-refractivity contribution in [2.24, 2.45) is 5.73 Å². The quantitative estimate of drug-likeness (QED) is 0.704. The molecule has 1 rings (SSSR count). The van der Waals surface area contributed by atoms with Crippen LogP contribution in [-0.4, -0.2) is 30.3 Å². The molecule has 0 amide bonds. The Morgan fingerprint density at radius 1 is 1.40 bits per heavy atom. The number of hydrogen-bond donors (Lipinski definition) is 1. The van der Waals surface area contributed by atoms with E-state index in [2.05, 4.69) is 0 Å². The lowest BCUT2D eigenvalue weighted by molar-refractivity contribution is -0.157. The lowest BCUT2D eigenvalue weighted by Gasteiger charge is -2.33. The number of carbonyl (C=O) groups is 1. The second-order valence-corrected chi connectivity index (χ2v) is 5.24. The second-order valence-electron chi connectivity index (χ2n) is 5.24. The summed E-state index contributed by atoms with van der Waals surface area (Å²) < 4.78 is 10.5. The molecule has 0 radical (unpaired) electrons. The first-order chi connectivity index (χ1) is 6.81. The fourth-order valence-corrected chi connectivity index (χ4v) is 1.62. The lowest BCUT2D eigenvalue weighted by atomic mass is 9.88. The zero-order valence-electron chi connectivity index (χ0n) is 9.84. The van der Waals surface area contributed by atoms with Gasteiger partial charge in [0.1, 0.15) is 5.60 Å². The first-order valence-corrected chi connectivity index (χ1v) is 5.39. The lowest BCUT2D eigenvalue weighted by Crippen LogP contribution is -2.47. The molecule has 4 heteroatoms. The van der Waals surface area contributed by atoms with Gasteiger partial charge in [-0.2, -0.15) is 0 Å². The van der Waals surface area contributed by atoms with E-state index in [-0.39, 0.29) is 12.4 Å². The Balaban J connectivity index is 2.42. The Kier molecular flexibility index (Phi) is 3.73. The number of nitrogens with two attached hydrogens (primary N) is 1. The van der Waals surface area contributed by atoms with E-state index < -0.39 is 11.1 Å². The number of ether oxygens (including phenoxy) is 2. The minimum Gasteiger partial charge on any atom is -0.460 e. The Labute approximate surface area is 91.1 Å². The molecule has 0 aromatic heterocycles. The van der Waals surface area contributed by atoms with Crippen LogP contribution in [0.4, 0.5) is 0 Å². The van der Waals surface area contributed by atoms with Crippen LogP contribution >= 0.6 is 0 Å². The first-order valence-electron chi connectivity index (χ1n) is 5.39. The van der Waals surface area contributed by atoms with Gasteiger partial charge < -0.3 is 15.2 Å². The third-order valence-corrected chi connectivity index (χ3v) is 2.41. The molecule has 0 spiro atoms. The number of esters is 1. The first kappa shape index (κ1) is 12.5. The number of rotatable bonds is 2. The largest absolute Gasteiger partial charge is 0.460 e. The summed E-state index contributed by atoms with van der Waals surface area (Å²) in [5.74, 6) is -0.216. The van der Waals surface area contributed by atoms with Crippen LogP contribution in [0.25, 0.3) is 0 Å². The summed E-state index contributed by atoms with van der Waals surface area (Å²) in [5, 5.41) is 0. The van der Waals surface area contributed by atoms with E-state index in [0.29, 0.717) is 13.2 Å². The normalized spacial score (nSPS) is 21.1. The summed E-state index contributed by atoms with van der Waals surface area (Å²) in [6.07, 6.45) is 1.74. The van der Waals surface area contributed by atoms with Crippen molar-refractivity contribution in [2.45, 2.75) is 51.2 Å². The van der Waals surface area contributed by atoms with Crippen molar-refractivity contribution in [3.05, 3.63) is 0 Å². The van der Waals surface area contributed by atoms with E-state index in [4.69, 9.17) is 15.2 Å².